The number of carboxylic acid groups (broad SMARTS) is 1. The van der Waals surface area contributed by atoms with Gasteiger partial charge in [0.15, 0.2) is 0 Å². The molecule has 1 aromatic rings. The van der Waals surface area contributed by atoms with Crippen LogP contribution in [0.4, 0.5) is 0 Å². The smallest absolute Gasteiger partial charge is 0.326 e. The molecule has 1 saturated heterocycles. The van der Waals surface area contributed by atoms with Crippen LogP contribution < -0.4 is 5.32 Å². The molecular formula is C18H26N2O3. The maximum absolute atomic E-state index is 12.4. The van der Waals surface area contributed by atoms with E-state index in [1.807, 2.05) is 30.3 Å². The molecule has 126 valence electrons. The van der Waals surface area contributed by atoms with Crippen molar-refractivity contribution in [2.75, 3.05) is 19.6 Å². The topological polar surface area (TPSA) is 69.6 Å². The van der Waals surface area contributed by atoms with Crippen molar-refractivity contribution in [2.45, 2.75) is 32.7 Å². The van der Waals surface area contributed by atoms with Crippen molar-refractivity contribution in [1.82, 2.24) is 10.2 Å². The number of nitrogens with one attached hydrogen (secondary N) is 1. The molecule has 1 aliphatic heterocycles. The van der Waals surface area contributed by atoms with Gasteiger partial charge < -0.3 is 15.3 Å². The number of nitrogens with zero attached hydrogens (tertiary/aromatic N) is 1. The van der Waals surface area contributed by atoms with Crippen molar-refractivity contribution in [2.24, 2.45) is 11.8 Å². The van der Waals surface area contributed by atoms with Gasteiger partial charge in [0.2, 0.25) is 5.91 Å². The maximum Gasteiger partial charge on any atom is 0.326 e. The van der Waals surface area contributed by atoms with E-state index in [-0.39, 0.29) is 11.8 Å². The third-order valence-electron chi connectivity index (χ3n) is 4.16. The fourth-order valence-corrected chi connectivity index (χ4v) is 3.07. The lowest BCUT2D eigenvalue weighted by molar-refractivity contribution is -0.142. The third-order valence-corrected chi connectivity index (χ3v) is 4.16. The van der Waals surface area contributed by atoms with Gasteiger partial charge in [0.25, 0.3) is 0 Å². The predicted octanol–water partition coefficient (Wildman–Crippen LogP) is 1.78. The highest BCUT2D eigenvalue weighted by molar-refractivity contribution is 5.85. The van der Waals surface area contributed by atoms with Crippen molar-refractivity contribution in [3.05, 3.63) is 35.9 Å². The summed E-state index contributed by atoms with van der Waals surface area (Å²) in [6, 6.07) is 8.52. The summed E-state index contributed by atoms with van der Waals surface area (Å²) in [6.45, 7) is 6.94. The minimum absolute atomic E-state index is 0.105. The Hall–Kier alpha value is -1.88. The molecule has 0 radical (unpaired) electrons. The number of benzene rings is 1. The Morgan fingerprint density at radius 3 is 2.61 bits per heavy atom. The van der Waals surface area contributed by atoms with Gasteiger partial charge in [0, 0.05) is 19.5 Å². The van der Waals surface area contributed by atoms with Crippen LogP contribution in [-0.4, -0.2) is 47.6 Å². The largest absolute Gasteiger partial charge is 0.480 e. The zero-order valence-corrected chi connectivity index (χ0v) is 13.9. The molecule has 5 nitrogen and oxygen atoms in total. The van der Waals surface area contributed by atoms with Gasteiger partial charge in [-0.25, -0.2) is 4.79 Å². The highest BCUT2D eigenvalue weighted by Crippen LogP contribution is 2.18. The summed E-state index contributed by atoms with van der Waals surface area (Å²) < 4.78 is 0. The quantitative estimate of drug-likeness (QED) is 0.804. The van der Waals surface area contributed by atoms with Crippen molar-refractivity contribution in [3.8, 4) is 0 Å². The predicted molar refractivity (Wildman–Crippen MR) is 89.1 cm³/mol. The van der Waals surface area contributed by atoms with Crippen LogP contribution >= 0.6 is 0 Å². The number of likely N-dealkylation sites (tertiary alicyclic amines) is 1. The summed E-state index contributed by atoms with van der Waals surface area (Å²) in [5, 5.41) is 12.1. The van der Waals surface area contributed by atoms with Gasteiger partial charge in [0.05, 0.1) is 5.92 Å². The number of hydrogen-bond donors (Lipinski definition) is 2. The number of carboxylic acids is 1. The summed E-state index contributed by atoms with van der Waals surface area (Å²) in [4.78, 5) is 26.1. The Bertz CT molecular complexity index is 530. The van der Waals surface area contributed by atoms with E-state index < -0.39 is 12.0 Å². The van der Waals surface area contributed by atoms with Crippen LogP contribution in [0.5, 0.6) is 0 Å². The third kappa shape index (κ3) is 5.36. The first-order valence-corrected chi connectivity index (χ1v) is 8.25. The lowest BCUT2D eigenvalue weighted by Gasteiger charge is -2.19. The molecule has 2 rings (SSSR count). The van der Waals surface area contributed by atoms with Crippen LogP contribution in [0, 0.1) is 11.8 Å². The molecule has 1 fully saturated rings. The number of rotatable bonds is 7. The highest BCUT2D eigenvalue weighted by atomic mass is 16.4. The zero-order valence-electron chi connectivity index (χ0n) is 13.9. The minimum Gasteiger partial charge on any atom is -0.480 e. The monoisotopic (exact) mass is 318 g/mol. The SMILES string of the molecule is CC(C)CN1CC[C@@H](C(=O)N[C@@H](Cc2ccccc2)C(=O)O)C1. The summed E-state index contributed by atoms with van der Waals surface area (Å²) >= 11 is 0. The normalized spacial score (nSPS) is 19.7. The molecule has 1 aromatic carbocycles. The molecule has 2 atom stereocenters. The Balaban J connectivity index is 1.90. The van der Waals surface area contributed by atoms with Crippen LogP contribution in [0.1, 0.15) is 25.8 Å². The molecule has 0 unspecified atom stereocenters. The standard InChI is InChI=1S/C18H26N2O3/c1-13(2)11-20-9-8-15(12-20)17(21)19-16(18(22)23)10-14-6-4-3-5-7-14/h3-7,13,15-16H,8-12H2,1-2H3,(H,19,21)(H,22,23)/t15-,16+/m1/s1. The van der Waals surface area contributed by atoms with E-state index in [2.05, 4.69) is 24.1 Å². The van der Waals surface area contributed by atoms with Crippen LogP contribution in [0.3, 0.4) is 0 Å². The number of carbonyl (C=O) groups is 2. The van der Waals surface area contributed by atoms with E-state index in [0.717, 1.165) is 31.6 Å². The first kappa shape index (κ1) is 17.5. The summed E-state index contributed by atoms with van der Waals surface area (Å²) in [6.07, 6.45) is 1.11. The number of carbonyl (C=O) groups excluding carboxylic acids is 1. The fourth-order valence-electron chi connectivity index (χ4n) is 3.07. The second-order valence-corrected chi connectivity index (χ2v) is 6.73. The highest BCUT2D eigenvalue weighted by Gasteiger charge is 2.31. The van der Waals surface area contributed by atoms with Gasteiger partial charge in [-0.3, -0.25) is 4.79 Å². The average Bonchev–Trinajstić information content (AvgIpc) is 2.95. The fraction of sp³-hybridized carbons (Fsp3) is 0.556. The Labute approximate surface area is 137 Å². The van der Waals surface area contributed by atoms with E-state index in [4.69, 9.17) is 0 Å². The second-order valence-electron chi connectivity index (χ2n) is 6.73. The van der Waals surface area contributed by atoms with Gasteiger partial charge >= 0.3 is 5.97 Å². The van der Waals surface area contributed by atoms with Crippen molar-refractivity contribution >= 4 is 11.9 Å². The lowest BCUT2D eigenvalue weighted by Crippen LogP contribution is -2.45. The summed E-state index contributed by atoms with van der Waals surface area (Å²) in [7, 11) is 0. The molecule has 0 bridgehead atoms. The molecule has 1 amide bonds. The molecule has 0 aliphatic carbocycles. The Morgan fingerprint density at radius 2 is 2.00 bits per heavy atom. The van der Waals surface area contributed by atoms with Crippen LogP contribution in [0.25, 0.3) is 0 Å². The van der Waals surface area contributed by atoms with Gasteiger partial charge in [-0.15, -0.1) is 0 Å². The first-order chi connectivity index (χ1) is 11.0. The van der Waals surface area contributed by atoms with Gasteiger partial charge in [-0.1, -0.05) is 44.2 Å². The van der Waals surface area contributed by atoms with Gasteiger partial charge in [-0.05, 0) is 24.4 Å². The summed E-state index contributed by atoms with van der Waals surface area (Å²) in [5.74, 6) is -0.660. The number of hydrogen-bond acceptors (Lipinski definition) is 3. The van der Waals surface area contributed by atoms with E-state index in [1.54, 1.807) is 0 Å². The first-order valence-electron chi connectivity index (χ1n) is 8.25. The molecule has 2 N–H and O–H groups in total. The molecule has 1 aliphatic rings. The van der Waals surface area contributed by atoms with Gasteiger partial charge in [0.1, 0.15) is 6.04 Å². The van der Waals surface area contributed by atoms with Crippen molar-refractivity contribution < 1.29 is 14.7 Å². The second kappa shape index (κ2) is 8.11. The molecule has 0 saturated carbocycles. The van der Waals surface area contributed by atoms with Crippen molar-refractivity contribution in [3.63, 3.8) is 0 Å². The molecule has 0 spiro atoms. The molecule has 23 heavy (non-hydrogen) atoms. The Morgan fingerprint density at radius 1 is 1.30 bits per heavy atom. The van der Waals surface area contributed by atoms with E-state index in [0.29, 0.717) is 12.3 Å². The Kier molecular flexibility index (Phi) is 6.16. The zero-order chi connectivity index (χ0) is 16.8. The lowest BCUT2D eigenvalue weighted by atomic mass is 10.0. The van der Waals surface area contributed by atoms with Gasteiger partial charge in [-0.2, -0.15) is 0 Å². The minimum atomic E-state index is -0.987. The number of aliphatic carboxylic acids is 1. The van der Waals surface area contributed by atoms with Crippen molar-refractivity contribution in [1.29, 1.82) is 0 Å². The van der Waals surface area contributed by atoms with E-state index >= 15 is 0 Å². The van der Waals surface area contributed by atoms with Crippen LogP contribution in [-0.2, 0) is 16.0 Å². The van der Waals surface area contributed by atoms with Crippen LogP contribution in [0.15, 0.2) is 30.3 Å². The van der Waals surface area contributed by atoms with E-state index in [1.165, 1.54) is 0 Å². The molecule has 1 heterocycles. The van der Waals surface area contributed by atoms with E-state index in [9.17, 15) is 14.7 Å². The maximum atomic E-state index is 12.4. The van der Waals surface area contributed by atoms with Crippen LogP contribution in [0.2, 0.25) is 0 Å². The molecule has 5 heteroatoms. The molecular weight excluding hydrogens is 292 g/mol. The average molecular weight is 318 g/mol. The summed E-state index contributed by atoms with van der Waals surface area (Å²) in [5.41, 5.74) is 0.910. The molecule has 0 aromatic heterocycles. The number of amides is 1.